The highest BCUT2D eigenvalue weighted by Crippen LogP contribution is 2.52. The van der Waals surface area contributed by atoms with Crippen LogP contribution in [-0.2, 0) is 19.0 Å². The molecule has 0 aromatic rings. The predicted molar refractivity (Wildman–Crippen MR) is 60.0 cm³/mol. The number of methoxy groups -OCH3 is 2. The fourth-order valence-corrected chi connectivity index (χ4v) is 3.50. The number of carbonyl (C=O) groups is 1. The van der Waals surface area contributed by atoms with E-state index in [4.69, 9.17) is 14.2 Å². The van der Waals surface area contributed by atoms with Crippen LogP contribution >= 0.6 is 0 Å². The molecular formula is C13H16O4. The van der Waals surface area contributed by atoms with Crippen LogP contribution in [0.2, 0.25) is 0 Å². The Hall–Kier alpha value is -1.13. The first kappa shape index (κ1) is 11.0. The van der Waals surface area contributed by atoms with E-state index in [9.17, 15) is 4.79 Å². The third-order valence-electron chi connectivity index (χ3n) is 4.25. The number of hydrogen-bond donors (Lipinski definition) is 0. The number of ether oxygens (including phenoxy) is 3. The molecule has 4 nitrogen and oxygen atoms in total. The van der Waals surface area contributed by atoms with E-state index in [2.05, 4.69) is 0 Å². The quantitative estimate of drug-likeness (QED) is 0.535. The molecule has 0 aromatic carbocycles. The Kier molecular flexibility index (Phi) is 2.22. The Bertz CT molecular complexity index is 419. The standard InChI is InChI=1S/C13H16O4/c1-7-6-9-8-4-5-17-11(8)10(7)13(15-2,16-3)12(9)14/h4-6,8-11H,1-3H3/t8-,9+,10-,11-/m1/s1. The number of fused-ring (bicyclic) bond motifs is 1. The van der Waals surface area contributed by atoms with Gasteiger partial charge < -0.3 is 14.2 Å². The second-order valence-electron chi connectivity index (χ2n) is 4.86. The summed E-state index contributed by atoms with van der Waals surface area (Å²) in [5.41, 5.74) is 1.11. The molecule has 0 saturated heterocycles. The number of allylic oxidation sites excluding steroid dienone is 1. The second kappa shape index (κ2) is 3.43. The summed E-state index contributed by atoms with van der Waals surface area (Å²) >= 11 is 0. The van der Waals surface area contributed by atoms with Crippen LogP contribution < -0.4 is 0 Å². The minimum absolute atomic E-state index is 0.00880. The van der Waals surface area contributed by atoms with Gasteiger partial charge in [0.2, 0.25) is 5.79 Å². The Balaban J connectivity index is 2.13. The predicted octanol–water partition coefficient (Wildman–Crippen LogP) is 1.28. The highest BCUT2D eigenvalue weighted by atomic mass is 16.7. The first-order valence-corrected chi connectivity index (χ1v) is 5.80. The molecule has 0 spiro atoms. The van der Waals surface area contributed by atoms with E-state index in [1.165, 1.54) is 14.2 Å². The third kappa shape index (κ3) is 1.12. The van der Waals surface area contributed by atoms with E-state index in [1.807, 2.05) is 19.1 Å². The van der Waals surface area contributed by atoms with Crippen molar-refractivity contribution in [2.75, 3.05) is 14.2 Å². The molecule has 0 unspecified atom stereocenters. The van der Waals surface area contributed by atoms with Crippen LogP contribution in [0.15, 0.2) is 24.0 Å². The summed E-state index contributed by atoms with van der Waals surface area (Å²) in [6.07, 6.45) is 5.65. The first-order chi connectivity index (χ1) is 8.15. The number of carbonyl (C=O) groups excluding carboxylic acids is 1. The summed E-state index contributed by atoms with van der Waals surface area (Å²) in [6.45, 7) is 2.01. The number of hydrogen-bond acceptors (Lipinski definition) is 4. The Morgan fingerprint density at radius 1 is 1.35 bits per heavy atom. The van der Waals surface area contributed by atoms with Crippen molar-refractivity contribution in [3.05, 3.63) is 24.0 Å². The summed E-state index contributed by atoms with van der Waals surface area (Å²) in [7, 11) is 3.04. The SMILES string of the molecule is COC1(OC)C(=O)[C@H]2C=C(C)[C@@H]1[C@@H]1OC=C[C@@H]12. The highest BCUT2D eigenvalue weighted by molar-refractivity contribution is 5.93. The maximum absolute atomic E-state index is 12.5. The molecule has 0 amide bonds. The monoisotopic (exact) mass is 236 g/mol. The molecule has 1 aliphatic heterocycles. The molecule has 17 heavy (non-hydrogen) atoms. The molecule has 2 bridgehead atoms. The molecule has 1 saturated carbocycles. The van der Waals surface area contributed by atoms with Crippen molar-refractivity contribution in [1.29, 1.82) is 0 Å². The van der Waals surface area contributed by atoms with Gasteiger partial charge in [0.1, 0.15) is 6.10 Å². The van der Waals surface area contributed by atoms with Gasteiger partial charge in [0.05, 0.1) is 18.1 Å². The summed E-state index contributed by atoms with van der Waals surface area (Å²) in [5, 5.41) is 0. The zero-order valence-corrected chi connectivity index (χ0v) is 10.2. The maximum atomic E-state index is 12.5. The van der Waals surface area contributed by atoms with Crippen molar-refractivity contribution >= 4 is 5.78 Å². The minimum atomic E-state index is -1.17. The van der Waals surface area contributed by atoms with Crippen LogP contribution in [0.25, 0.3) is 0 Å². The average molecular weight is 236 g/mol. The zero-order chi connectivity index (χ0) is 12.2. The lowest BCUT2D eigenvalue weighted by atomic mass is 9.60. The fourth-order valence-electron chi connectivity index (χ4n) is 3.50. The van der Waals surface area contributed by atoms with E-state index < -0.39 is 5.79 Å². The van der Waals surface area contributed by atoms with Crippen LogP contribution in [0.1, 0.15) is 6.92 Å². The zero-order valence-electron chi connectivity index (χ0n) is 10.2. The second-order valence-corrected chi connectivity index (χ2v) is 4.86. The van der Waals surface area contributed by atoms with Gasteiger partial charge in [-0.2, -0.15) is 0 Å². The van der Waals surface area contributed by atoms with Crippen LogP contribution in [0, 0.1) is 17.8 Å². The minimum Gasteiger partial charge on any atom is -0.497 e. The molecule has 0 aromatic heterocycles. The Labute approximate surface area is 100 Å². The molecule has 0 radical (unpaired) electrons. The van der Waals surface area contributed by atoms with Crippen LogP contribution in [0.4, 0.5) is 0 Å². The van der Waals surface area contributed by atoms with Gasteiger partial charge in [0.25, 0.3) is 0 Å². The smallest absolute Gasteiger partial charge is 0.239 e. The summed E-state index contributed by atoms with van der Waals surface area (Å²) in [4.78, 5) is 12.5. The molecular weight excluding hydrogens is 220 g/mol. The van der Waals surface area contributed by atoms with Crippen molar-refractivity contribution < 1.29 is 19.0 Å². The van der Waals surface area contributed by atoms with Gasteiger partial charge in [-0.1, -0.05) is 11.6 Å². The van der Waals surface area contributed by atoms with Gasteiger partial charge in [0, 0.05) is 20.1 Å². The highest BCUT2D eigenvalue weighted by Gasteiger charge is 2.64. The Morgan fingerprint density at radius 2 is 2.06 bits per heavy atom. The van der Waals surface area contributed by atoms with Crippen LogP contribution in [0.5, 0.6) is 0 Å². The molecule has 4 heteroatoms. The van der Waals surface area contributed by atoms with Crippen LogP contribution in [0.3, 0.4) is 0 Å². The average Bonchev–Trinajstić information content (AvgIpc) is 2.81. The molecule has 0 N–H and O–H groups in total. The molecule has 4 rings (SSSR count). The van der Waals surface area contributed by atoms with Gasteiger partial charge in [-0.05, 0) is 13.0 Å². The van der Waals surface area contributed by atoms with Gasteiger partial charge in [0.15, 0.2) is 5.78 Å². The lowest BCUT2D eigenvalue weighted by Gasteiger charge is -2.51. The number of rotatable bonds is 2. The van der Waals surface area contributed by atoms with E-state index in [0.29, 0.717) is 0 Å². The largest absolute Gasteiger partial charge is 0.497 e. The maximum Gasteiger partial charge on any atom is 0.239 e. The van der Waals surface area contributed by atoms with Crippen LogP contribution in [-0.4, -0.2) is 31.9 Å². The van der Waals surface area contributed by atoms with Gasteiger partial charge in [-0.25, -0.2) is 0 Å². The summed E-state index contributed by atoms with van der Waals surface area (Å²) in [6, 6.07) is 0. The van der Waals surface area contributed by atoms with E-state index in [0.717, 1.165) is 5.57 Å². The van der Waals surface area contributed by atoms with E-state index in [1.54, 1.807) is 6.26 Å². The number of ketones is 1. The van der Waals surface area contributed by atoms with E-state index in [-0.39, 0.29) is 29.6 Å². The molecule has 4 atom stereocenters. The van der Waals surface area contributed by atoms with Crippen molar-refractivity contribution in [2.24, 2.45) is 17.8 Å². The van der Waals surface area contributed by atoms with Crippen molar-refractivity contribution in [2.45, 2.75) is 18.8 Å². The van der Waals surface area contributed by atoms with Crippen molar-refractivity contribution in [3.63, 3.8) is 0 Å². The lowest BCUT2D eigenvalue weighted by molar-refractivity contribution is -0.255. The molecule has 92 valence electrons. The molecule has 4 aliphatic rings. The normalized spacial score (nSPS) is 41.1. The topological polar surface area (TPSA) is 44.8 Å². The molecule has 1 heterocycles. The van der Waals surface area contributed by atoms with E-state index >= 15 is 0 Å². The van der Waals surface area contributed by atoms with Gasteiger partial charge >= 0.3 is 0 Å². The third-order valence-corrected chi connectivity index (χ3v) is 4.25. The fraction of sp³-hybridized carbons (Fsp3) is 0.615. The number of Topliss-reactive ketones (excluding diaryl/α,β-unsaturated/α-hetero) is 1. The lowest BCUT2D eigenvalue weighted by Crippen LogP contribution is -2.65. The Morgan fingerprint density at radius 3 is 2.71 bits per heavy atom. The van der Waals surface area contributed by atoms with Crippen molar-refractivity contribution in [3.8, 4) is 0 Å². The van der Waals surface area contributed by atoms with Gasteiger partial charge in [-0.3, -0.25) is 4.79 Å². The first-order valence-electron chi connectivity index (χ1n) is 5.80. The van der Waals surface area contributed by atoms with Gasteiger partial charge in [-0.15, -0.1) is 0 Å². The summed E-state index contributed by atoms with van der Waals surface area (Å²) in [5.74, 6) is -1.38. The molecule has 3 aliphatic carbocycles. The summed E-state index contributed by atoms with van der Waals surface area (Å²) < 4.78 is 16.5. The molecule has 1 fully saturated rings. The van der Waals surface area contributed by atoms with Crippen molar-refractivity contribution in [1.82, 2.24) is 0 Å².